The van der Waals surface area contributed by atoms with Gasteiger partial charge in [0.2, 0.25) is 10.0 Å². The molecule has 0 aliphatic heterocycles. The SMILES string of the molecule is CNc1ncccc1S(=O)(=O)NC1CCCCC1O. The number of sulfonamides is 1. The summed E-state index contributed by atoms with van der Waals surface area (Å²) < 4.78 is 27.2. The van der Waals surface area contributed by atoms with E-state index in [1.54, 1.807) is 13.1 Å². The summed E-state index contributed by atoms with van der Waals surface area (Å²) in [4.78, 5) is 4.09. The van der Waals surface area contributed by atoms with Crippen LogP contribution in [0.2, 0.25) is 0 Å². The van der Waals surface area contributed by atoms with Crippen LogP contribution in [-0.4, -0.2) is 37.7 Å². The quantitative estimate of drug-likeness (QED) is 0.757. The van der Waals surface area contributed by atoms with E-state index in [1.165, 1.54) is 12.3 Å². The van der Waals surface area contributed by atoms with Gasteiger partial charge in [-0.3, -0.25) is 0 Å². The third kappa shape index (κ3) is 3.23. The first kappa shape index (κ1) is 14.2. The molecule has 0 aromatic carbocycles. The Morgan fingerprint density at radius 2 is 2.11 bits per heavy atom. The molecule has 6 nitrogen and oxygen atoms in total. The molecule has 1 aromatic heterocycles. The van der Waals surface area contributed by atoms with Crippen molar-refractivity contribution in [2.75, 3.05) is 12.4 Å². The summed E-state index contributed by atoms with van der Waals surface area (Å²) in [6.45, 7) is 0. The topological polar surface area (TPSA) is 91.3 Å². The predicted molar refractivity (Wildman–Crippen MR) is 72.4 cm³/mol. The summed E-state index contributed by atoms with van der Waals surface area (Å²) in [5.41, 5.74) is 0. The molecule has 1 aromatic rings. The average Bonchev–Trinajstić information content (AvgIpc) is 2.41. The Morgan fingerprint density at radius 3 is 2.79 bits per heavy atom. The molecule has 0 spiro atoms. The van der Waals surface area contributed by atoms with Gasteiger partial charge >= 0.3 is 0 Å². The minimum atomic E-state index is -3.67. The molecule has 1 heterocycles. The van der Waals surface area contributed by atoms with Crippen LogP contribution in [0.5, 0.6) is 0 Å². The highest BCUT2D eigenvalue weighted by Crippen LogP contribution is 2.22. The fraction of sp³-hybridized carbons (Fsp3) is 0.583. The lowest BCUT2D eigenvalue weighted by molar-refractivity contribution is 0.101. The first-order valence-electron chi connectivity index (χ1n) is 6.38. The van der Waals surface area contributed by atoms with E-state index in [9.17, 15) is 13.5 Å². The summed E-state index contributed by atoms with van der Waals surface area (Å²) in [6, 6.07) is 2.66. The first-order chi connectivity index (χ1) is 9.04. The second kappa shape index (κ2) is 5.85. The molecule has 106 valence electrons. The van der Waals surface area contributed by atoms with E-state index in [4.69, 9.17) is 0 Å². The van der Waals surface area contributed by atoms with Crippen molar-refractivity contribution in [1.29, 1.82) is 0 Å². The van der Waals surface area contributed by atoms with Crippen LogP contribution in [0.3, 0.4) is 0 Å². The van der Waals surface area contributed by atoms with Gasteiger partial charge < -0.3 is 10.4 Å². The number of pyridine rings is 1. The Hall–Kier alpha value is -1.18. The van der Waals surface area contributed by atoms with Crippen LogP contribution in [0.25, 0.3) is 0 Å². The maximum absolute atomic E-state index is 12.3. The lowest BCUT2D eigenvalue weighted by Gasteiger charge is -2.28. The minimum Gasteiger partial charge on any atom is -0.391 e. The predicted octanol–water partition coefficient (Wildman–Crippen LogP) is 0.705. The molecule has 1 aliphatic rings. The molecular formula is C12H19N3O3S. The number of aromatic nitrogens is 1. The number of nitrogens with one attached hydrogen (secondary N) is 2. The van der Waals surface area contributed by atoms with Crippen LogP contribution in [-0.2, 0) is 10.0 Å². The Labute approximate surface area is 113 Å². The standard InChI is InChI=1S/C12H19N3O3S/c1-13-12-11(7-4-8-14-12)19(17,18)15-9-5-2-3-6-10(9)16/h4,7-10,15-16H,2-3,5-6H2,1H3,(H,13,14). The summed E-state index contributed by atoms with van der Waals surface area (Å²) in [5, 5.41) is 12.6. The number of aliphatic hydroxyl groups is 1. The maximum atomic E-state index is 12.3. The van der Waals surface area contributed by atoms with E-state index in [-0.39, 0.29) is 4.90 Å². The molecule has 1 fully saturated rings. The molecule has 19 heavy (non-hydrogen) atoms. The number of rotatable bonds is 4. The lowest BCUT2D eigenvalue weighted by Crippen LogP contribution is -2.45. The van der Waals surface area contributed by atoms with Gasteiger partial charge in [0.05, 0.1) is 6.10 Å². The zero-order valence-corrected chi connectivity index (χ0v) is 11.7. The number of aliphatic hydroxyl groups excluding tert-OH is 1. The van der Waals surface area contributed by atoms with Crippen molar-refractivity contribution in [2.45, 2.75) is 42.7 Å². The number of hydrogen-bond donors (Lipinski definition) is 3. The van der Waals surface area contributed by atoms with Crippen molar-refractivity contribution in [3.05, 3.63) is 18.3 Å². The molecule has 1 saturated carbocycles. The second-order valence-electron chi connectivity index (χ2n) is 4.68. The molecule has 0 saturated heterocycles. The first-order valence-corrected chi connectivity index (χ1v) is 7.86. The Balaban J connectivity index is 2.22. The molecule has 1 aliphatic carbocycles. The minimum absolute atomic E-state index is 0.107. The van der Waals surface area contributed by atoms with Crippen LogP contribution in [0.15, 0.2) is 23.2 Å². The van der Waals surface area contributed by atoms with E-state index >= 15 is 0 Å². The van der Waals surface area contributed by atoms with Crippen molar-refractivity contribution < 1.29 is 13.5 Å². The highest BCUT2D eigenvalue weighted by Gasteiger charge is 2.29. The molecular weight excluding hydrogens is 266 g/mol. The van der Waals surface area contributed by atoms with Gasteiger partial charge in [-0.25, -0.2) is 18.1 Å². The van der Waals surface area contributed by atoms with Crippen molar-refractivity contribution in [2.24, 2.45) is 0 Å². The highest BCUT2D eigenvalue weighted by molar-refractivity contribution is 7.89. The smallest absolute Gasteiger partial charge is 0.244 e. The van der Waals surface area contributed by atoms with E-state index < -0.39 is 22.2 Å². The molecule has 0 bridgehead atoms. The van der Waals surface area contributed by atoms with Crippen molar-refractivity contribution >= 4 is 15.8 Å². The van der Waals surface area contributed by atoms with Crippen LogP contribution in [0.1, 0.15) is 25.7 Å². The lowest BCUT2D eigenvalue weighted by atomic mass is 9.93. The van der Waals surface area contributed by atoms with Crippen LogP contribution < -0.4 is 10.0 Å². The Morgan fingerprint density at radius 1 is 1.37 bits per heavy atom. The van der Waals surface area contributed by atoms with Gasteiger partial charge in [0, 0.05) is 19.3 Å². The summed E-state index contributed by atoms with van der Waals surface area (Å²) >= 11 is 0. The third-order valence-corrected chi connectivity index (χ3v) is 4.85. The summed E-state index contributed by atoms with van der Waals surface area (Å²) in [5.74, 6) is 0.306. The van der Waals surface area contributed by atoms with Gasteiger partial charge in [-0.15, -0.1) is 0 Å². The van der Waals surface area contributed by atoms with Gasteiger partial charge in [-0.05, 0) is 25.0 Å². The molecule has 2 rings (SSSR count). The number of nitrogens with zero attached hydrogens (tertiary/aromatic N) is 1. The van der Waals surface area contributed by atoms with E-state index in [2.05, 4.69) is 15.0 Å². The van der Waals surface area contributed by atoms with Gasteiger partial charge in [0.1, 0.15) is 10.7 Å². The van der Waals surface area contributed by atoms with E-state index in [0.717, 1.165) is 12.8 Å². The van der Waals surface area contributed by atoms with E-state index in [1.807, 2.05) is 0 Å². The molecule has 0 amide bonds. The maximum Gasteiger partial charge on any atom is 0.244 e. The second-order valence-corrected chi connectivity index (χ2v) is 6.36. The summed E-state index contributed by atoms with van der Waals surface area (Å²) in [6.07, 6.45) is 4.08. The van der Waals surface area contributed by atoms with E-state index in [0.29, 0.717) is 18.7 Å². The zero-order valence-electron chi connectivity index (χ0n) is 10.8. The molecule has 3 N–H and O–H groups in total. The molecule has 7 heteroatoms. The number of hydrogen-bond acceptors (Lipinski definition) is 5. The molecule has 2 atom stereocenters. The summed E-state index contributed by atoms with van der Waals surface area (Å²) in [7, 11) is -2.05. The monoisotopic (exact) mass is 285 g/mol. The fourth-order valence-corrected chi connectivity index (χ4v) is 3.77. The highest BCUT2D eigenvalue weighted by atomic mass is 32.2. The normalized spacial score (nSPS) is 24.1. The number of anilines is 1. The van der Waals surface area contributed by atoms with Crippen molar-refractivity contribution in [3.63, 3.8) is 0 Å². The van der Waals surface area contributed by atoms with Gasteiger partial charge in [0.15, 0.2) is 0 Å². The average molecular weight is 285 g/mol. The fourth-order valence-electron chi connectivity index (χ4n) is 2.31. The van der Waals surface area contributed by atoms with Gasteiger partial charge in [-0.2, -0.15) is 0 Å². The van der Waals surface area contributed by atoms with Gasteiger partial charge in [0.25, 0.3) is 0 Å². The van der Waals surface area contributed by atoms with Crippen molar-refractivity contribution in [3.8, 4) is 0 Å². The largest absolute Gasteiger partial charge is 0.391 e. The van der Waals surface area contributed by atoms with Crippen LogP contribution in [0.4, 0.5) is 5.82 Å². The van der Waals surface area contributed by atoms with Crippen LogP contribution in [0, 0.1) is 0 Å². The Bertz CT molecular complexity index is 533. The Kier molecular flexibility index (Phi) is 4.38. The molecule has 0 radical (unpaired) electrons. The zero-order chi connectivity index (χ0) is 13.9. The third-order valence-electron chi connectivity index (χ3n) is 3.33. The van der Waals surface area contributed by atoms with Crippen LogP contribution >= 0.6 is 0 Å². The molecule has 2 unspecified atom stereocenters. The van der Waals surface area contributed by atoms with Gasteiger partial charge in [-0.1, -0.05) is 12.8 Å². The van der Waals surface area contributed by atoms with Crippen molar-refractivity contribution in [1.82, 2.24) is 9.71 Å².